The van der Waals surface area contributed by atoms with E-state index < -0.39 is 12.0 Å². The number of benzene rings is 3. The maximum atomic E-state index is 11.0. The summed E-state index contributed by atoms with van der Waals surface area (Å²) in [5, 5.41) is 10.00. The molecule has 7 nitrogen and oxygen atoms in total. The first-order valence-electron chi connectivity index (χ1n) is 11.6. The molecule has 0 bridgehead atoms. The summed E-state index contributed by atoms with van der Waals surface area (Å²) in [6, 6.07) is 25.3. The Morgan fingerprint density at radius 3 is 2.39 bits per heavy atom. The zero-order chi connectivity index (χ0) is 25.1. The van der Waals surface area contributed by atoms with Crippen LogP contribution in [0.3, 0.4) is 0 Å². The number of aliphatic carboxylic acids is 1. The average Bonchev–Trinajstić information content (AvgIpc) is 3.32. The lowest BCUT2D eigenvalue weighted by atomic mass is 10.0. The van der Waals surface area contributed by atoms with Crippen molar-refractivity contribution < 1.29 is 14.6 Å². The van der Waals surface area contributed by atoms with Crippen molar-refractivity contribution in [1.82, 2.24) is 14.5 Å². The molecule has 0 saturated heterocycles. The van der Waals surface area contributed by atoms with Gasteiger partial charge in [-0.2, -0.15) is 0 Å². The standard InChI is InChI=1S/C29H26N4O3/c1-36-24-4-2-3-23(16-24)21-9-7-20(8-10-21)17-33-14-13-25-27(31-18-32-28(25)33)22-11-5-19(6-12-22)15-26(30)29(34)35/h2-14,16,18,26H,15,17,30H2,1H3,(H,34,35). The molecule has 3 aromatic carbocycles. The van der Waals surface area contributed by atoms with Crippen molar-refractivity contribution >= 4 is 17.0 Å². The van der Waals surface area contributed by atoms with Crippen molar-refractivity contribution in [2.45, 2.75) is 19.0 Å². The maximum absolute atomic E-state index is 11.0. The van der Waals surface area contributed by atoms with Gasteiger partial charge in [0.1, 0.15) is 23.8 Å². The molecule has 0 aliphatic heterocycles. The van der Waals surface area contributed by atoms with E-state index in [4.69, 9.17) is 15.6 Å². The lowest BCUT2D eigenvalue weighted by Crippen LogP contribution is -2.32. The van der Waals surface area contributed by atoms with Crippen molar-refractivity contribution in [2.24, 2.45) is 5.73 Å². The van der Waals surface area contributed by atoms with E-state index in [1.165, 1.54) is 5.56 Å². The molecule has 7 heteroatoms. The monoisotopic (exact) mass is 478 g/mol. The van der Waals surface area contributed by atoms with Crippen molar-refractivity contribution in [1.29, 1.82) is 0 Å². The van der Waals surface area contributed by atoms with Crippen LogP contribution in [-0.2, 0) is 17.8 Å². The summed E-state index contributed by atoms with van der Waals surface area (Å²) in [5.41, 5.74) is 12.6. The number of rotatable bonds is 8. The third kappa shape index (κ3) is 4.82. The van der Waals surface area contributed by atoms with Crippen LogP contribution in [0.15, 0.2) is 91.4 Å². The van der Waals surface area contributed by atoms with E-state index in [2.05, 4.69) is 44.9 Å². The smallest absolute Gasteiger partial charge is 0.320 e. The Morgan fingerprint density at radius 1 is 0.944 bits per heavy atom. The van der Waals surface area contributed by atoms with Gasteiger partial charge < -0.3 is 20.1 Å². The number of methoxy groups -OCH3 is 1. The van der Waals surface area contributed by atoms with Crippen molar-refractivity contribution in [3.8, 4) is 28.1 Å². The number of aromatic nitrogens is 3. The number of carbonyl (C=O) groups is 1. The van der Waals surface area contributed by atoms with E-state index >= 15 is 0 Å². The molecular weight excluding hydrogens is 452 g/mol. The topological polar surface area (TPSA) is 103 Å². The third-order valence-electron chi connectivity index (χ3n) is 6.27. The summed E-state index contributed by atoms with van der Waals surface area (Å²) < 4.78 is 7.45. The maximum Gasteiger partial charge on any atom is 0.320 e. The molecule has 0 aliphatic rings. The molecule has 2 aromatic heterocycles. The molecule has 0 fully saturated rings. The Kier molecular flexibility index (Phi) is 6.47. The lowest BCUT2D eigenvalue weighted by molar-refractivity contribution is -0.138. The third-order valence-corrected chi connectivity index (χ3v) is 6.27. The van der Waals surface area contributed by atoms with Crippen molar-refractivity contribution in [3.05, 3.63) is 103 Å². The van der Waals surface area contributed by atoms with Crippen LogP contribution in [0.25, 0.3) is 33.4 Å². The minimum absolute atomic E-state index is 0.280. The van der Waals surface area contributed by atoms with Crippen LogP contribution in [0.5, 0.6) is 5.75 Å². The van der Waals surface area contributed by atoms with Gasteiger partial charge in [0.15, 0.2) is 0 Å². The summed E-state index contributed by atoms with van der Waals surface area (Å²) in [7, 11) is 1.67. The minimum Gasteiger partial charge on any atom is -0.497 e. The number of nitrogens with two attached hydrogens (primary N) is 1. The molecule has 1 atom stereocenters. The summed E-state index contributed by atoms with van der Waals surface area (Å²) >= 11 is 0. The second-order valence-electron chi connectivity index (χ2n) is 8.68. The molecule has 180 valence electrons. The average molecular weight is 479 g/mol. The Hall–Kier alpha value is -4.49. The molecule has 2 heterocycles. The molecule has 0 amide bonds. The largest absolute Gasteiger partial charge is 0.497 e. The summed E-state index contributed by atoms with van der Waals surface area (Å²) in [6.45, 7) is 0.685. The van der Waals surface area contributed by atoms with Crippen LogP contribution >= 0.6 is 0 Å². The Labute approximate surface area is 208 Å². The van der Waals surface area contributed by atoms with Gasteiger partial charge in [-0.3, -0.25) is 4.79 Å². The van der Waals surface area contributed by atoms with Gasteiger partial charge in [-0.15, -0.1) is 0 Å². The first-order valence-corrected chi connectivity index (χ1v) is 11.6. The first-order chi connectivity index (χ1) is 17.5. The second kappa shape index (κ2) is 10.0. The Bertz CT molecular complexity index is 1510. The zero-order valence-corrected chi connectivity index (χ0v) is 19.8. The van der Waals surface area contributed by atoms with E-state index in [9.17, 15) is 4.79 Å². The fourth-order valence-electron chi connectivity index (χ4n) is 4.30. The number of fused-ring (bicyclic) bond motifs is 1. The first kappa shape index (κ1) is 23.3. The fourth-order valence-corrected chi connectivity index (χ4v) is 4.30. The Morgan fingerprint density at radius 2 is 1.67 bits per heavy atom. The predicted molar refractivity (Wildman–Crippen MR) is 140 cm³/mol. The van der Waals surface area contributed by atoms with E-state index in [-0.39, 0.29) is 6.42 Å². The van der Waals surface area contributed by atoms with Gasteiger partial charge in [0, 0.05) is 23.7 Å². The molecule has 5 aromatic rings. The van der Waals surface area contributed by atoms with Crippen LogP contribution < -0.4 is 10.5 Å². The molecule has 0 spiro atoms. The Balaban J connectivity index is 1.37. The fraction of sp³-hybridized carbons (Fsp3) is 0.138. The van der Waals surface area contributed by atoms with Gasteiger partial charge in [0.2, 0.25) is 0 Å². The SMILES string of the molecule is COc1cccc(-c2ccc(Cn3ccc4c(-c5ccc(CC(N)C(=O)O)cc5)ncnc43)cc2)c1. The number of carboxylic acids is 1. The number of nitrogens with zero attached hydrogens (tertiary/aromatic N) is 3. The highest BCUT2D eigenvalue weighted by Gasteiger charge is 2.14. The number of hydrogen-bond acceptors (Lipinski definition) is 5. The second-order valence-corrected chi connectivity index (χ2v) is 8.68. The molecular formula is C29H26N4O3. The van der Waals surface area contributed by atoms with Crippen LogP contribution in [0.2, 0.25) is 0 Å². The number of hydrogen-bond donors (Lipinski definition) is 2. The van der Waals surface area contributed by atoms with Gasteiger partial charge in [0.05, 0.1) is 12.8 Å². The minimum atomic E-state index is -1.01. The summed E-state index contributed by atoms with van der Waals surface area (Å²) in [5.74, 6) is -0.169. The highest BCUT2D eigenvalue weighted by Crippen LogP contribution is 2.28. The van der Waals surface area contributed by atoms with Gasteiger partial charge in [-0.05, 0) is 46.9 Å². The van der Waals surface area contributed by atoms with Gasteiger partial charge >= 0.3 is 5.97 Å². The van der Waals surface area contributed by atoms with E-state index in [0.29, 0.717) is 6.54 Å². The zero-order valence-electron chi connectivity index (χ0n) is 19.8. The molecule has 3 N–H and O–H groups in total. The molecule has 36 heavy (non-hydrogen) atoms. The van der Waals surface area contributed by atoms with Gasteiger partial charge in [-0.25, -0.2) is 9.97 Å². The van der Waals surface area contributed by atoms with Crippen molar-refractivity contribution in [2.75, 3.05) is 7.11 Å². The van der Waals surface area contributed by atoms with E-state index in [1.54, 1.807) is 13.4 Å². The normalized spacial score (nSPS) is 11.9. The predicted octanol–water partition coefficient (Wildman–Crippen LogP) is 4.78. The summed E-state index contributed by atoms with van der Waals surface area (Å²) in [4.78, 5) is 20.1. The van der Waals surface area contributed by atoms with Gasteiger partial charge in [0.25, 0.3) is 0 Å². The van der Waals surface area contributed by atoms with Crippen molar-refractivity contribution in [3.63, 3.8) is 0 Å². The number of carboxylic acid groups (broad SMARTS) is 1. The molecule has 5 rings (SSSR count). The van der Waals surface area contributed by atoms with Crippen LogP contribution in [0.1, 0.15) is 11.1 Å². The van der Waals surface area contributed by atoms with Crippen LogP contribution in [0, 0.1) is 0 Å². The van der Waals surface area contributed by atoms with Crippen LogP contribution in [-0.4, -0.2) is 38.8 Å². The summed E-state index contributed by atoms with van der Waals surface area (Å²) in [6.07, 6.45) is 3.88. The molecule has 0 saturated carbocycles. The quantitative estimate of drug-likeness (QED) is 0.333. The molecule has 1 unspecified atom stereocenters. The van der Waals surface area contributed by atoms with E-state index in [0.717, 1.165) is 44.7 Å². The number of ether oxygens (including phenoxy) is 1. The highest BCUT2D eigenvalue weighted by atomic mass is 16.5. The molecule has 0 aliphatic carbocycles. The molecule has 0 radical (unpaired) electrons. The van der Waals surface area contributed by atoms with E-state index in [1.807, 2.05) is 54.7 Å². The van der Waals surface area contributed by atoms with Crippen LogP contribution in [0.4, 0.5) is 0 Å². The highest BCUT2D eigenvalue weighted by molar-refractivity contribution is 5.91. The van der Waals surface area contributed by atoms with Gasteiger partial charge in [-0.1, -0.05) is 60.7 Å². The lowest BCUT2D eigenvalue weighted by Gasteiger charge is -2.09.